The first-order valence-corrected chi connectivity index (χ1v) is 14.2. The Kier molecular flexibility index (Phi) is 7.51. The summed E-state index contributed by atoms with van der Waals surface area (Å²) in [5.74, 6) is -1.74. The second-order valence-corrected chi connectivity index (χ2v) is 11.2. The molecule has 0 amide bonds. The van der Waals surface area contributed by atoms with Crippen molar-refractivity contribution >= 4 is 50.2 Å². The number of aromatic nitrogens is 4. The summed E-state index contributed by atoms with van der Waals surface area (Å²) in [4.78, 5) is 37.3. The lowest BCUT2D eigenvalue weighted by atomic mass is 10.2. The zero-order valence-electron chi connectivity index (χ0n) is 22.2. The number of halogens is 4. The number of esters is 1. The van der Waals surface area contributed by atoms with E-state index in [0.717, 1.165) is 52.4 Å². The number of hydrogen-bond donors (Lipinski definition) is 0. The van der Waals surface area contributed by atoms with Gasteiger partial charge in [-0.05, 0) is 48.9 Å². The van der Waals surface area contributed by atoms with Gasteiger partial charge in [0.2, 0.25) is 0 Å². The summed E-state index contributed by atoms with van der Waals surface area (Å²) in [6, 6.07) is 12.5. The molecular weight excluding hydrogens is 595 g/mol. The number of ether oxygens (including phenoxy) is 2. The first-order valence-electron chi connectivity index (χ1n) is 13.0. The monoisotopic (exact) mass is 617 g/mol. The Balaban J connectivity index is 1.43. The molecule has 14 heteroatoms. The van der Waals surface area contributed by atoms with Gasteiger partial charge in [-0.1, -0.05) is 23.7 Å². The van der Waals surface area contributed by atoms with Crippen molar-refractivity contribution in [1.82, 2.24) is 24.0 Å². The Morgan fingerprint density at radius 2 is 1.79 bits per heavy atom. The van der Waals surface area contributed by atoms with Gasteiger partial charge >= 0.3 is 18.2 Å². The summed E-state index contributed by atoms with van der Waals surface area (Å²) in [7, 11) is 0. The molecule has 0 N–H and O–H groups in total. The number of carbonyl (C=O) groups is 1. The third-order valence-corrected chi connectivity index (χ3v) is 8.40. The van der Waals surface area contributed by atoms with Crippen molar-refractivity contribution < 1.29 is 27.4 Å². The van der Waals surface area contributed by atoms with Gasteiger partial charge < -0.3 is 14.0 Å². The van der Waals surface area contributed by atoms with E-state index in [2.05, 4.69) is 19.6 Å². The number of aryl methyl sites for hydroxylation is 1. The fourth-order valence-electron chi connectivity index (χ4n) is 4.88. The second kappa shape index (κ2) is 11.1. The van der Waals surface area contributed by atoms with Gasteiger partial charge in [0.15, 0.2) is 0 Å². The Morgan fingerprint density at radius 1 is 1.05 bits per heavy atom. The fraction of sp³-hybridized carbons (Fsp3) is 0.286. The standard InChI is InChI=1S/C28H23ClF3N5O4S/c1-16-33-20-14-19(6-7-22(20)36(16)9-8-35-10-12-40-13-11-35)37-25(38)24-21(34-27(37)41-26(39)28(30,31)32)15-23(42-24)17-2-4-18(29)5-3-17/h2-7,14-15H,8-13H2,1H3. The van der Waals surface area contributed by atoms with E-state index in [1.54, 1.807) is 48.5 Å². The SMILES string of the molecule is Cc1nc2cc(-n3c(OC(=O)C(F)(F)F)nc4cc(-c5ccc(Cl)cc5)sc4c3=O)ccc2n1CCN1CCOCC1. The minimum atomic E-state index is -5.29. The van der Waals surface area contributed by atoms with Crippen molar-refractivity contribution in [3.8, 4) is 22.1 Å². The van der Waals surface area contributed by atoms with E-state index in [1.165, 1.54) is 0 Å². The zero-order valence-corrected chi connectivity index (χ0v) is 23.7. The first-order chi connectivity index (χ1) is 20.1. The maximum Gasteiger partial charge on any atom is 0.491 e. The van der Waals surface area contributed by atoms with E-state index >= 15 is 0 Å². The van der Waals surface area contributed by atoms with Gasteiger partial charge in [-0.3, -0.25) is 9.69 Å². The number of nitrogens with zero attached hydrogens (tertiary/aromatic N) is 5. The molecule has 2 aromatic carbocycles. The molecule has 0 spiro atoms. The number of carbonyl (C=O) groups excluding carboxylic acids is 1. The van der Waals surface area contributed by atoms with Crippen molar-refractivity contribution in [3.63, 3.8) is 0 Å². The van der Waals surface area contributed by atoms with Crippen molar-refractivity contribution in [2.24, 2.45) is 0 Å². The predicted molar refractivity (Wildman–Crippen MR) is 153 cm³/mol. The van der Waals surface area contributed by atoms with E-state index in [9.17, 15) is 22.8 Å². The predicted octanol–water partition coefficient (Wildman–Crippen LogP) is 5.23. The highest BCUT2D eigenvalue weighted by Gasteiger charge is 2.42. The molecule has 1 aliphatic rings. The van der Waals surface area contributed by atoms with Crippen LogP contribution >= 0.6 is 22.9 Å². The molecule has 0 saturated carbocycles. The second-order valence-electron chi connectivity index (χ2n) is 9.69. The summed E-state index contributed by atoms with van der Waals surface area (Å²) in [5.41, 5.74) is 1.63. The van der Waals surface area contributed by atoms with Gasteiger partial charge in [-0.25, -0.2) is 14.3 Å². The molecule has 6 rings (SSSR count). The van der Waals surface area contributed by atoms with Crippen LogP contribution in [0.2, 0.25) is 5.02 Å². The summed E-state index contributed by atoms with van der Waals surface area (Å²) in [6.45, 7) is 6.39. The summed E-state index contributed by atoms with van der Waals surface area (Å²) >= 11 is 7.11. The van der Waals surface area contributed by atoms with Crippen LogP contribution in [-0.4, -0.2) is 69.0 Å². The Bertz CT molecular complexity index is 1860. The van der Waals surface area contributed by atoms with Gasteiger partial charge in [0.25, 0.3) is 5.56 Å². The first kappa shape index (κ1) is 28.3. The van der Waals surface area contributed by atoms with Crippen LogP contribution in [0.25, 0.3) is 37.4 Å². The van der Waals surface area contributed by atoms with Gasteiger partial charge in [-0.2, -0.15) is 18.2 Å². The van der Waals surface area contributed by atoms with Crippen LogP contribution in [0.1, 0.15) is 5.82 Å². The minimum absolute atomic E-state index is 0.0977. The average Bonchev–Trinajstić information content (AvgIpc) is 3.52. The molecule has 1 fully saturated rings. The maximum atomic E-state index is 13.8. The lowest BCUT2D eigenvalue weighted by Crippen LogP contribution is -2.38. The van der Waals surface area contributed by atoms with Crippen LogP contribution in [0.4, 0.5) is 13.2 Å². The van der Waals surface area contributed by atoms with Crippen molar-refractivity contribution in [2.45, 2.75) is 19.6 Å². The molecule has 0 radical (unpaired) electrons. The van der Waals surface area contributed by atoms with E-state index in [0.29, 0.717) is 35.2 Å². The molecule has 218 valence electrons. The molecule has 1 aliphatic heterocycles. The van der Waals surface area contributed by atoms with Crippen molar-refractivity contribution in [3.05, 3.63) is 69.7 Å². The topological polar surface area (TPSA) is 91.5 Å². The van der Waals surface area contributed by atoms with Gasteiger partial charge in [0.1, 0.15) is 10.5 Å². The number of hydrogen-bond acceptors (Lipinski definition) is 8. The van der Waals surface area contributed by atoms with Gasteiger partial charge in [-0.15, -0.1) is 11.3 Å². The molecular formula is C28H23ClF3N5O4S. The van der Waals surface area contributed by atoms with Crippen LogP contribution in [-0.2, 0) is 16.1 Å². The minimum Gasteiger partial charge on any atom is -0.385 e. The number of rotatable bonds is 6. The summed E-state index contributed by atoms with van der Waals surface area (Å²) in [5, 5.41) is 0.524. The molecule has 42 heavy (non-hydrogen) atoms. The lowest BCUT2D eigenvalue weighted by molar-refractivity contribution is -0.190. The molecule has 1 saturated heterocycles. The molecule has 4 heterocycles. The van der Waals surface area contributed by atoms with E-state index < -0.39 is 23.7 Å². The summed E-state index contributed by atoms with van der Waals surface area (Å²) in [6.07, 6.45) is -5.29. The smallest absolute Gasteiger partial charge is 0.385 e. The zero-order chi connectivity index (χ0) is 29.6. The maximum absolute atomic E-state index is 13.8. The van der Waals surface area contributed by atoms with Crippen molar-refractivity contribution in [1.29, 1.82) is 0 Å². The molecule has 3 aromatic heterocycles. The fourth-order valence-corrected chi connectivity index (χ4v) is 6.04. The molecule has 9 nitrogen and oxygen atoms in total. The molecule has 5 aromatic rings. The third kappa shape index (κ3) is 5.52. The highest BCUT2D eigenvalue weighted by Crippen LogP contribution is 2.34. The lowest BCUT2D eigenvalue weighted by Gasteiger charge is -2.26. The molecule has 0 unspecified atom stereocenters. The Morgan fingerprint density at radius 3 is 2.50 bits per heavy atom. The normalized spacial score (nSPS) is 14.6. The number of fused-ring (bicyclic) bond motifs is 2. The van der Waals surface area contributed by atoms with E-state index in [1.807, 2.05) is 11.5 Å². The Hall–Kier alpha value is -3.78. The quantitative estimate of drug-likeness (QED) is 0.241. The number of alkyl halides is 3. The average molecular weight is 618 g/mol. The number of benzene rings is 2. The highest BCUT2D eigenvalue weighted by molar-refractivity contribution is 7.22. The van der Waals surface area contributed by atoms with E-state index in [-0.39, 0.29) is 15.9 Å². The summed E-state index contributed by atoms with van der Waals surface area (Å²) < 4.78 is 52.7. The van der Waals surface area contributed by atoms with Crippen LogP contribution in [0.5, 0.6) is 6.01 Å². The van der Waals surface area contributed by atoms with E-state index in [4.69, 9.17) is 16.3 Å². The van der Waals surface area contributed by atoms with Crippen LogP contribution < -0.4 is 10.3 Å². The van der Waals surface area contributed by atoms with Crippen LogP contribution in [0.3, 0.4) is 0 Å². The Labute approximate surface area is 245 Å². The molecule has 0 aliphatic carbocycles. The van der Waals surface area contributed by atoms with Gasteiger partial charge in [0, 0.05) is 36.1 Å². The number of thiophene rings is 1. The highest BCUT2D eigenvalue weighted by atomic mass is 35.5. The van der Waals surface area contributed by atoms with Crippen molar-refractivity contribution in [2.75, 3.05) is 32.8 Å². The number of imidazole rings is 1. The molecule has 0 atom stereocenters. The third-order valence-electron chi connectivity index (χ3n) is 6.99. The van der Waals surface area contributed by atoms with Crippen LogP contribution in [0, 0.1) is 6.92 Å². The largest absolute Gasteiger partial charge is 0.491 e. The van der Waals surface area contributed by atoms with Crippen LogP contribution in [0.15, 0.2) is 53.3 Å². The molecule has 0 bridgehead atoms. The van der Waals surface area contributed by atoms with Gasteiger partial charge in [0.05, 0.1) is 35.5 Å². The number of morpholine rings is 1.